The molecule has 2 rings (SSSR count). The summed E-state index contributed by atoms with van der Waals surface area (Å²) < 4.78 is 13.6. The lowest BCUT2D eigenvalue weighted by molar-refractivity contribution is 0.0693. The Hall–Kier alpha value is -1.62. The molecule has 1 aliphatic heterocycles. The van der Waals surface area contributed by atoms with Gasteiger partial charge in [0.05, 0.1) is 5.69 Å². The molecule has 4 nitrogen and oxygen atoms in total. The summed E-state index contributed by atoms with van der Waals surface area (Å²) in [5.41, 5.74) is 0.205. The van der Waals surface area contributed by atoms with Crippen molar-refractivity contribution in [3.8, 4) is 0 Å². The molecule has 0 aliphatic carbocycles. The first-order chi connectivity index (χ1) is 9.41. The number of nitrogens with one attached hydrogen (secondary N) is 1. The number of halogens is 1. The molecule has 1 fully saturated rings. The van der Waals surface area contributed by atoms with E-state index in [-0.39, 0.29) is 11.0 Å². The zero-order valence-electron chi connectivity index (χ0n) is 11.9. The number of anilines is 1. The zero-order chi connectivity index (χ0) is 14.8. The lowest BCUT2D eigenvalue weighted by atomic mass is 9.80. The summed E-state index contributed by atoms with van der Waals surface area (Å²) in [4.78, 5) is 13.4. The molecule has 0 spiro atoms. The fraction of sp³-hybridized carbons (Fsp3) is 0.533. The second kappa shape index (κ2) is 5.79. The largest absolute Gasteiger partial charge is 0.478 e. The smallest absolute Gasteiger partial charge is 0.340 e. The van der Waals surface area contributed by atoms with Crippen molar-refractivity contribution in [1.82, 2.24) is 4.90 Å². The van der Waals surface area contributed by atoms with Crippen LogP contribution in [0.4, 0.5) is 10.1 Å². The standard InChI is InChI=1S/C15H21FN2O2/c1-15(6-8-18(2)9-7-15)10-17-12-5-3-4-11(16)13(12)14(19)20/h3-5,17H,6-10H2,1-2H3,(H,19,20). The number of nitrogens with zero attached hydrogens (tertiary/aromatic N) is 1. The Morgan fingerprint density at radius 3 is 2.70 bits per heavy atom. The molecular weight excluding hydrogens is 259 g/mol. The van der Waals surface area contributed by atoms with Crippen LogP contribution >= 0.6 is 0 Å². The van der Waals surface area contributed by atoms with E-state index < -0.39 is 11.8 Å². The summed E-state index contributed by atoms with van der Waals surface area (Å²) in [6.07, 6.45) is 2.10. The minimum absolute atomic E-state index is 0.120. The van der Waals surface area contributed by atoms with Gasteiger partial charge in [-0.05, 0) is 50.5 Å². The average molecular weight is 280 g/mol. The summed E-state index contributed by atoms with van der Waals surface area (Å²) in [6, 6.07) is 4.32. The van der Waals surface area contributed by atoms with E-state index in [1.807, 2.05) is 0 Å². The van der Waals surface area contributed by atoms with Crippen LogP contribution < -0.4 is 5.32 Å². The molecule has 0 saturated carbocycles. The molecule has 0 radical (unpaired) electrons. The van der Waals surface area contributed by atoms with Gasteiger partial charge in [0.1, 0.15) is 11.4 Å². The van der Waals surface area contributed by atoms with Crippen molar-refractivity contribution in [2.24, 2.45) is 5.41 Å². The van der Waals surface area contributed by atoms with Crippen molar-refractivity contribution in [1.29, 1.82) is 0 Å². The van der Waals surface area contributed by atoms with Gasteiger partial charge in [-0.15, -0.1) is 0 Å². The lowest BCUT2D eigenvalue weighted by Crippen LogP contribution is -2.40. The van der Waals surface area contributed by atoms with Gasteiger partial charge >= 0.3 is 5.97 Å². The molecular formula is C15H21FN2O2. The predicted octanol–water partition coefficient (Wildman–Crippen LogP) is 2.67. The highest BCUT2D eigenvalue weighted by Crippen LogP contribution is 2.31. The van der Waals surface area contributed by atoms with Crippen molar-refractivity contribution in [3.05, 3.63) is 29.6 Å². The number of rotatable bonds is 4. The Morgan fingerprint density at radius 2 is 2.10 bits per heavy atom. The summed E-state index contributed by atoms with van der Waals surface area (Å²) >= 11 is 0. The third-order valence-electron chi connectivity index (χ3n) is 4.13. The van der Waals surface area contributed by atoms with Crippen LogP contribution in [-0.4, -0.2) is 42.7 Å². The maximum absolute atomic E-state index is 13.6. The van der Waals surface area contributed by atoms with Gasteiger partial charge in [0.15, 0.2) is 0 Å². The Bertz CT molecular complexity index is 497. The Morgan fingerprint density at radius 1 is 1.45 bits per heavy atom. The molecule has 5 heteroatoms. The van der Waals surface area contributed by atoms with Gasteiger partial charge in [-0.3, -0.25) is 0 Å². The van der Waals surface area contributed by atoms with Crippen molar-refractivity contribution in [2.75, 3.05) is 32.0 Å². The molecule has 20 heavy (non-hydrogen) atoms. The van der Waals surface area contributed by atoms with E-state index in [9.17, 15) is 9.18 Å². The van der Waals surface area contributed by atoms with Gasteiger partial charge in [-0.2, -0.15) is 0 Å². The van der Waals surface area contributed by atoms with Gasteiger partial charge in [0.2, 0.25) is 0 Å². The summed E-state index contributed by atoms with van der Waals surface area (Å²) in [5, 5.41) is 12.2. The number of carboxylic acids is 1. The number of likely N-dealkylation sites (tertiary alicyclic amines) is 1. The van der Waals surface area contributed by atoms with Crippen LogP contribution in [-0.2, 0) is 0 Å². The number of piperidine rings is 1. The number of hydrogen-bond acceptors (Lipinski definition) is 3. The molecule has 0 atom stereocenters. The van der Waals surface area contributed by atoms with Crippen LogP contribution in [0.2, 0.25) is 0 Å². The highest BCUT2D eigenvalue weighted by Gasteiger charge is 2.29. The molecule has 1 aromatic carbocycles. The van der Waals surface area contributed by atoms with Crippen molar-refractivity contribution in [3.63, 3.8) is 0 Å². The van der Waals surface area contributed by atoms with Crippen LogP contribution in [0.5, 0.6) is 0 Å². The lowest BCUT2D eigenvalue weighted by Gasteiger charge is -2.38. The SMILES string of the molecule is CN1CCC(C)(CNc2cccc(F)c2C(=O)O)CC1. The van der Waals surface area contributed by atoms with Gasteiger partial charge in [-0.1, -0.05) is 13.0 Å². The average Bonchev–Trinajstić information content (AvgIpc) is 2.40. The van der Waals surface area contributed by atoms with Crippen molar-refractivity contribution < 1.29 is 14.3 Å². The van der Waals surface area contributed by atoms with Gasteiger partial charge in [-0.25, -0.2) is 9.18 Å². The van der Waals surface area contributed by atoms with Crippen LogP contribution in [0, 0.1) is 11.2 Å². The molecule has 2 N–H and O–H groups in total. The van der Waals surface area contributed by atoms with Crippen molar-refractivity contribution >= 4 is 11.7 Å². The molecule has 0 bridgehead atoms. The second-order valence-electron chi connectivity index (χ2n) is 5.94. The summed E-state index contributed by atoms with van der Waals surface area (Å²) in [5.74, 6) is -1.94. The first-order valence-corrected chi connectivity index (χ1v) is 6.85. The summed E-state index contributed by atoms with van der Waals surface area (Å²) in [6.45, 7) is 4.91. The fourth-order valence-corrected chi connectivity index (χ4v) is 2.53. The minimum atomic E-state index is -1.24. The quantitative estimate of drug-likeness (QED) is 0.890. The fourth-order valence-electron chi connectivity index (χ4n) is 2.53. The Kier molecular flexibility index (Phi) is 4.28. The summed E-state index contributed by atoms with van der Waals surface area (Å²) in [7, 11) is 2.10. The van der Waals surface area contributed by atoms with E-state index in [2.05, 4.69) is 24.2 Å². The van der Waals surface area contributed by atoms with Crippen LogP contribution in [0.15, 0.2) is 18.2 Å². The van der Waals surface area contributed by atoms with E-state index in [4.69, 9.17) is 5.11 Å². The van der Waals surface area contributed by atoms with Gasteiger partial charge in [0, 0.05) is 6.54 Å². The van der Waals surface area contributed by atoms with Gasteiger partial charge < -0.3 is 15.3 Å². The monoisotopic (exact) mass is 280 g/mol. The van der Waals surface area contributed by atoms with Crippen LogP contribution in [0.25, 0.3) is 0 Å². The highest BCUT2D eigenvalue weighted by atomic mass is 19.1. The zero-order valence-corrected chi connectivity index (χ0v) is 11.9. The first-order valence-electron chi connectivity index (χ1n) is 6.85. The van der Waals surface area contributed by atoms with E-state index in [1.54, 1.807) is 6.07 Å². The predicted molar refractivity (Wildman–Crippen MR) is 76.7 cm³/mol. The molecule has 1 aliphatic rings. The Labute approximate surface area is 118 Å². The molecule has 1 aromatic rings. The van der Waals surface area contributed by atoms with E-state index >= 15 is 0 Å². The maximum Gasteiger partial charge on any atom is 0.340 e. The minimum Gasteiger partial charge on any atom is -0.478 e. The van der Waals surface area contributed by atoms with Crippen LogP contribution in [0.3, 0.4) is 0 Å². The molecule has 0 amide bonds. The van der Waals surface area contributed by atoms with E-state index in [1.165, 1.54) is 12.1 Å². The normalized spacial score (nSPS) is 18.8. The molecule has 1 heterocycles. The topological polar surface area (TPSA) is 52.6 Å². The number of aromatic carboxylic acids is 1. The number of hydrogen-bond donors (Lipinski definition) is 2. The van der Waals surface area contributed by atoms with E-state index in [0.717, 1.165) is 25.9 Å². The maximum atomic E-state index is 13.6. The number of carbonyl (C=O) groups is 1. The molecule has 0 unspecified atom stereocenters. The highest BCUT2D eigenvalue weighted by molar-refractivity contribution is 5.94. The number of benzene rings is 1. The van der Waals surface area contributed by atoms with E-state index in [0.29, 0.717) is 12.2 Å². The van der Waals surface area contributed by atoms with Gasteiger partial charge in [0.25, 0.3) is 0 Å². The first kappa shape index (κ1) is 14.8. The third kappa shape index (κ3) is 3.28. The molecule has 1 saturated heterocycles. The number of carboxylic acid groups (broad SMARTS) is 1. The Balaban J connectivity index is 2.08. The molecule has 110 valence electrons. The molecule has 0 aromatic heterocycles. The third-order valence-corrected chi connectivity index (χ3v) is 4.13. The second-order valence-corrected chi connectivity index (χ2v) is 5.94. The van der Waals surface area contributed by atoms with Crippen LogP contribution in [0.1, 0.15) is 30.1 Å². The van der Waals surface area contributed by atoms with Crippen molar-refractivity contribution in [2.45, 2.75) is 19.8 Å².